The number of hydrogen-bond donors (Lipinski definition) is 0. The van der Waals surface area contributed by atoms with Crippen LogP contribution in [-0.4, -0.2) is 59.6 Å². The van der Waals surface area contributed by atoms with E-state index in [-0.39, 0.29) is 5.91 Å². The quantitative estimate of drug-likeness (QED) is 0.816. The van der Waals surface area contributed by atoms with Crippen LogP contribution in [0.3, 0.4) is 0 Å². The molecule has 0 saturated carbocycles. The summed E-state index contributed by atoms with van der Waals surface area (Å²) in [7, 11) is 5.53. The third-order valence-corrected chi connectivity index (χ3v) is 4.63. The third kappa shape index (κ3) is 3.53. The van der Waals surface area contributed by atoms with Crippen molar-refractivity contribution in [1.29, 1.82) is 0 Å². The Balaban J connectivity index is 1.98. The topological polar surface area (TPSA) is 71.5 Å². The highest BCUT2D eigenvalue weighted by Crippen LogP contribution is 2.28. The second kappa shape index (κ2) is 7.78. The lowest BCUT2D eigenvalue weighted by Gasteiger charge is -2.32. The standard InChI is InChI=1S/C19H25N5O2/c1-5-16(26-4)19(25)24-10-8-14-15(12-24)21-17(22-18(14)23(2)3)13-7-6-9-20-11-13/h6-7,9,11,16H,5,8,10,12H2,1-4H3/t16-/m0/s1. The lowest BCUT2D eigenvalue weighted by molar-refractivity contribution is -0.143. The zero-order valence-corrected chi connectivity index (χ0v) is 15.8. The molecule has 0 N–H and O–H groups in total. The van der Waals surface area contributed by atoms with Crippen LogP contribution < -0.4 is 4.90 Å². The van der Waals surface area contributed by atoms with Crippen LogP contribution in [0.15, 0.2) is 24.5 Å². The van der Waals surface area contributed by atoms with E-state index in [1.165, 1.54) is 0 Å². The van der Waals surface area contributed by atoms with E-state index in [4.69, 9.17) is 14.7 Å². The smallest absolute Gasteiger partial charge is 0.252 e. The number of aromatic nitrogens is 3. The monoisotopic (exact) mass is 355 g/mol. The molecule has 0 saturated heterocycles. The van der Waals surface area contributed by atoms with Gasteiger partial charge in [-0.25, -0.2) is 9.97 Å². The maximum Gasteiger partial charge on any atom is 0.252 e. The van der Waals surface area contributed by atoms with Gasteiger partial charge in [-0.05, 0) is 25.0 Å². The largest absolute Gasteiger partial charge is 0.372 e. The van der Waals surface area contributed by atoms with E-state index in [0.717, 1.165) is 29.1 Å². The molecule has 138 valence electrons. The van der Waals surface area contributed by atoms with E-state index in [2.05, 4.69) is 4.98 Å². The van der Waals surface area contributed by atoms with Gasteiger partial charge in [-0.1, -0.05) is 6.92 Å². The predicted molar refractivity (Wildman–Crippen MR) is 99.8 cm³/mol. The second-order valence-corrected chi connectivity index (χ2v) is 6.57. The van der Waals surface area contributed by atoms with Gasteiger partial charge in [-0.2, -0.15) is 0 Å². The summed E-state index contributed by atoms with van der Waals surface area (Å²) in [6.07, 6.45) is 4.48. The molecule has 1 aliphatic heterocycles. The van der Waals surface area contributed by atoms with Crippen molar-refractivity contribution in [1.82, 2.24) is 19.9 Å². The van der Waals surface area contributed by atoms with Crippen molar-refractivity contribution >= 4 is 11.7 Å². The number of nitrogens with zero attached hydrogens (tertiary/aromatic N) is 5. The van der Waals surface area contributed by atoms with E-state index in [1.54, 1.807) is 19.5 Å². The number of rotatable bonds is 5. The second-order valence-electron chi connectivity index (χ2n) is 6.57. The minimum Gasteiger partial charge on any atom is -0.372 e. The molecule has 3 heterocycles. The fraction of sp³-hybridized carbons (Fsp3) is 0.474. The Bertz CT molecular complexity index is 775. The Morgan fingerprint density at radius 3 is 2.81 bits per heavy atom. The normalized spacial score (nSPS) is 14.7. The number of carbonyl (C=O) groups is 1. The van der Waals surface area contributed by atoms with Gasteiger partial charge in [0.05, 0.1) is 12.2 Å². The minimum atomic E-state index is -0.399. The molecule has 1 aliphatic rings. The van der Waals surface area contributed by atoms with Gasteiger partial charge in [0.15, 0.2) is 5.82 Å². The molecule has 7 heteroatoms. The summed E-state index contributed by atoms with van der Waals surface area (Å²) in [5.74, 6) is 1.56. The summed E-state index contributed by atoms with van der Waals surface area (Å²) >= 11 is 0. The van der Waals surface area contributed by atoms with Crippen molar-refractivity contribution < 1.29 is 9.53 Å². The highest BCUT2D eigenvalue weighted by atomic mass is 16.5. The number of hydrogen-bond acceptors (Lipinski definition) is 6. The van der Waals surface area contributed by atoms with Gasteiger partial charge >= 0.3 is 0 Å². The molecule has 2 aromatic heterocycles. The summed E-state index contributed by atoms with van der Waals surface area (Å²) in [5.41, 5.74) is 2.87. The highest BCUT2D eigenvalue weighted by molar-refractivity contribution is 5.81. The van der Waals surface area contributed by atoms with Crippen LogP contribution in [0.25, 0.3) is 11.4 Å². The molecule has 0 radical (unpaired) electrons. The maximum atomic E-state index is 12.7. The van der Waals surface area contributed by atoms with Crippen molar-refractivity contribution in [3.63, 3.8) is 0 Å². The lowest BCUT2D eigenvalue weighted by atomic mass is 10.0. The molecule has 0 fully saturated rings. The number of ether oxygens (including phenoxy) is 1. The van der Waals surface area contributed by atoms with Gasteiger partial charge in [0.25, 0.3) is 5.91 Å². The number of amides is 1. The first-order valence-electron chi connectivity index (χ1n) is 8.84. The van der Waals surface area contributed by atoms with Crippen LogP contribution in [0.1, 0.15) is 24.6 Å². The Kier molecular flexibility index (Phi) is 5.46. The van der Waals surface area contributed by atoms with Gasteiger partial charge in [0.1, 0.15) is 11.9 Å². The molecule has 0 unspecified atom stereocenters. The SMILES string of the molecule is CC[C@H](OC)C(=O)N1CCc2c(nc(-c3cccnc3)nc2N(C)C)C1. The average molecular weight is 355 g/mol. The van der Waals surface area contributed by atoms with Crippen molar-refractivity contribution in [3.05, 3.63) is 35.8 Å². The molecule has 26 heavy (non-hydrogen) atoms. The van der Waals surface area contributed by atoms with E-state index >= 15 is 0 Å². The number of anilines is 1. The van der Waals surface area contributed by atoms with Gasteiger partial charge in [-0.15, -0.1) is 0 Å². The third-order valence-electron chi connectivity index (χ3n) is 4.63. The van der Waals surface area contributed by atoms with Crippen LogP contribution in [0, 0.1) is 0 Å². The first-order valence-corrected chi connectivity index (χ1v) is 8.84. The maximum absolute atomic E-state index is 12.7. The van der Waals surface area contributed by atoms with Crippen LogP contribution >= 0.6 is 0 Å². The van der Waals surface area contributed by atoms with E-state index in [0.29, 0.717) is 25.3 Å². The number of pyridine rings is 1. The molecular formula is C19H25N5O2. The summed E-state index contributed by atoms with van der Waals surface area (Å²) in [5, 5.41) is 0. The van der Waals surface area contributed by atoms with Crippen LogP contribution in [-0.2, 0) is 22.5 Å². The lowest BCUT2D eigenvalue weighted by Crippen LogP contribution is -2.43. The Labute approximate surface area is 154 Å². The molecule has 7 nitrogen and oxygen atoms in total. The molecule has 0 aromatic carbocycles. The predicted octanol–water partition coefficient (Wildman–Crippen LogP) is 1.91. The first kappa shape index (κ1) is 18.3. The van der Waals surface area contributed by atoms with Gasteiger partial charge in [0, 0.05) is 51.3 Å². The van der Waals surface area contributed by atoms with Crippen molar-refractivity contribution in [2.45, 2.75) is 32.4 Å². The van der Waals surface area contributed by atoms with Crippen LogP contribution in [0.5, 0.6) is 0 Å². The molecule has 0 spiro atoms. The van der Waals surface area contributed by atoms with E-state index in [1.807, 2.05) is 43.0 Å². The minimum absolute atomic E-state index is 0.0218. The Hall–Kier alpha value is -2.54. The van der Waals surface area contributed by atoms with Gasteiger partial charge in [0.2, 0.25) is 0 Å². The summed E-state index contributed by atoms with van der Waals surface area (Å²) < 4.78 is 5.32. The number of carbonyl (C=O) groups excluding carboxylic acids is 1. The molecule has 0 bridgehead atoms. The summed E-state index contributed by atoms with van der Waals surface area (Å²) in [6.45, 7) is 3.09. The van der Waals surface area contributed by atoms with Gasteiger partial charge < -0.3 is 14.5 Å². The summed E-state index contributed by atoms with van der Waals surface area (Å²) in [4.78, 5) is 30.2. The van der Waals surface area contributed by atoms with Crippen LogP contribution in [0.2, 0.25) is 0 Å². The van der Waals surface area contributed by atoms with E-state index < -0.39 is 6.10 Å². The molecule has 3 rings (SSSR count). The number of methoxy groups -OCH3 is 1. The Morgan fingerprint density at radius 1 is 1.38 bits per heavy atom. The molecule has 0 aliphatic carbocycles. The van der Waals surface area contributed by atoms with Crippen molar-refractivity contribution in [2.24, 2.45) is 0 Å². The van der Waals surface area contributed by atoms with Crippen molar-refractivity contribution in [2.75, 3.05) is 32.6 Å². The van der Waals surface area contributed by atoms with E-state index in [9.17, 15) is 4.79 Å². The Morgan fingerprint density at radius 2 is 2.19 bits per heavy atom. The zero-order valence-electron chi connectivity index (χ0n) is 15.8. The fourth-order valence-corrected chi connectivity index (χ4v) is 3.24. The average Bonchev–Trinajstić information content (AvgIpc) is 2.68. The molecular weight excluding hydrogens is 330 g/mol. The zero-order chi connectivity index (χ0) is 18.7. The fourth-order valence-electron chi connectivity index (χ4n) is 3.24. The highest BCUT2D eigenvalue weighted by Gasteiger charge is 2.29. The molecule has 1 amide bonds. The number of fused-ring (bicyclic) bond motifs is 1. The van der Waals surface area contributed by atoms with Gasteiger partial charge in [-0.3, -0.25) is 9.78 Å². The summed E-state index contributed by atoms with van der Waals surface area (Å²) in [6, 6.07) is 3.81. The first-order chi connectivity index (χ1) is 12.5. The molecule has 2 aromatic rings. The van der Waals surface area contributed by atoms with Crippen molar-refractivity contribution in [3.8, 4) is 11.4 Å². The molecule has 1 atom stereocenters. The van der Waals surface area contributed by atoms with Crippen LogP contribution in [0.4, 0.5) is 5.82 Å².